The summed E-state index contributed by atoms with van der Waals surface area (Å²) in [6.07, 6.45) is 4.52. The van der Waals surface area contributed by atoms with Crippen LogP contribution in [-0.4, -0.2) is 30.0 Å². The number of piperidine rings is 1. The van der Waals surface area contributed by atoms with Gasteiger partial charge in [-0.1, -0.05) is 54.1 Å². The molecule has 1 aliphatic heterocycles. The largest absolute Gasteiger partial charge is 0.373 e. The van der Waals surface area contributed by atoms with Gasteiger partial charge in [0, 0.05) is 24.5 Å². The number of rotatable bonds is 7. The summed E-state index contributed by atoms with van der Waals surface area (Å²) < 4.78 is 6.00. The minimum atomic E-state index is 0.258. The molecular formula is C22H26ClNO2. The molecule has 1 aliphatic rings. The third-order valence-electron chi connectivity index (χ3n) is 4.89. The lowest BCUT2D eigenvalue weighted by Gasteiger charge is -2.32. The molecule has 2 aromatic rings. The summed E-state index contributed by atoms with van der Waals surface area (Å²) in [6, 6.07) is 18.1. The lowest BCUT2D eigenvalue weighted by molar-refractivity contribution is -0.134. The lowest BCUT2D eigenvalue weighted by Crippen LogP contribution is -2.40. The average Bonchev–Trinajstić information content (AvgIpc) is 2.69. The molecule has 0 saturated carbocycles. The Labute approximate surface area is 160 Å². The summed E-state index contributed by atoms with van der Waals surface area (Å²) in [5, 5.41) is 0.752. The van der Waals surface area contributed by atoms with Crippen LogP contribution in [0.5, 0.6) is 0 Å². The van der Waals surface area contributed by atoms with Gasteiger partial charge < -0.3 is 9.64 Å². The van der Waals surface area contributed by atoms with Crippen molar-refractivity contribution in [3.05, 3.63) is 70.7 Å². The van der Waals surface area contributed by atoms with Crippen molar-refractivity contribution in [1.82, 2.24) is 4.90 Å². The van der Waals surface area contributed by atoms with Crippen LogP contribution in [0.2, 0.25) is 5.02 Å². The molecule has 0 radical (unpaired) electrons. The minimum Gasteiger partial charge on any atom is -0.373 e. The first-order valence-electron chi connectivity index (χ1n) is 9.38. The fourth-order valence-electron chi connectivity index (χ4n) is 3.31. The molecule has 4 heteroatoms. The van der Waals surface area contributed by atoms with Crippen molar-refractivity contribution < 1.29 is 9.53 Å². The van der Waals surface area contributed by atoms with Gasteiger partial charge in [-0.2, -0.15) is 0 Å². The van der Waals surface area contributed by atoms with Gasteiger partial charge in [0.15, 0.2) is 0 Å². The zero-order valence-electron chi connectivity index (χ0n) is 15.1. The Bertz CT molecular complexity index is 679. The van der Waals surface area contributed by atoms with Gasteiger partial charge in [0.2, 0.25) is 5.91 Å². The third-order valence-corrected chi connectivity index (χ3v) is 5.14. The molecule has 0 unspecified atom stereocenters. The monoisotopic (exact) mass is 371 g/mol. The Hall–Kier alpha value is -1.84. The fraction of sp³-hybridized carbons (Fsp3) is 0.409. The number of ether oxygens (including phenoxy) is 1. The van der Waals surface area contributed by atoms with E-state index in [1.165, 1.54) is 11.1 Å². The van der Waals surface area contributed by atoms with Gasteiger partial charge in [-0.05, 0) is 48.9 Å². The fourth-order valence-corrected chi connectivity index (χ4v) is 3.44. The molecule has 2 aromatic carbocycles. The molecule has 1 saturated heterocycles. The highest BCUT2D eigenvalue weighted by Crippen LogP contribution is 2.17. The Morgan fingerprint density at radius 1 is 1.00 bits per heavy atom. The SMILES string of the molecule is O=C(CCCc1ccc(Cl)cc1)N1CCC(OCc2ccccc2)CC1. The second-order valence-electron chi connectivity index (χ2n) is 6.86. The van der Waals surface area contributed by atoms with E-state index in [0.29, 0.717) is 13.0 Å². The smallest absolute Gasteiger partial charge is 0.222 e. The van der Waals surface area contributed by atoms with E-state index >= 15 is 0 Å². The van der Waals surface area contributed by atoms with Crippen LogP contribution in [0.25, 0.3) is 0 Å². The van der Waals surface area contributed by atoms with E-state index in [2.05, 4.69) is 12.1 Å². The highest BCUT2D eigenvalue weighted by molar-refractivity contribution is 6.30. The summed E-state index contributed by atoms with van der Waals surface area (Å²) >= 11 is 5.90. The van der Waals surface area contributed by atoms with E-state index < -0.39 is 0 Å². The quantitative estimate of drug-likeness (QED) is 0.694. The van der Waals surface area contributed by atoms with Crippen LogP contribution < -0.4 is 0 Å². The Kier molecular flexibility index (Phi) is 7.10. The second kappa shape index (κ2) is 9.75. The molecule has 0 aliphatic carbocycles. The number of nitrogens with zero attached hydrogens (tertiary/aromatic N) is 1. The van der Waals surface area contributed by atoms with Gasteiger partial charge in [0.1, 0.15) is 0 Å². The molecular weight excluding hydrogens is 346 g/mol. The van der Waals surface area contributed by atoms with Gasteiger partial charge in [-0.25, -0.2) is 0 Å². The number of halogens is 1. The van der Waals surface area contributed by atoms with Crippen LogP contribution in [0.4, 0.5) is 0 Å². The van der Waals surface area contributed by atoms with Crippen molar-refractivity contribution in [2.45, 2.75) is 44.8 Å². The molecule has 1 amide bonds. The first-order chi connectivity index (χ1) is 12.7. The van der Waals surface area contributed by atoms with Crippen LogP contribution in [0, 0.1) is 0 Å². The molecule has 0 atom stereocenters. The standard InChI is InChI=1S/C22H26ClNO2/c23-20-11-9-18(10-12-20)7-4-8-22(25)24-15-13-21(14-16-24)26-17-19-5-2-1-3-6-19/h1-3,5-6,9-12,21H,4,7-8,13-17H2. The third kappa shape index (κ3) is 5.86. The molecule has 0 bridgehead atoms. The Balaban J connectivity index is 1.33. The molecule has 3 nitrogen and oxygen atoms in total. The first kappa shape index (κ1) is 18.9. The van der Waals surface area contributed by atoms with E-state index in [1.54, 1.807) is 0 Å². The number of amides is 1. The van der Waals surface area contributed by atoms with Crippen molar-refractivity contribution in [2.24, 2.45) is 0 Å². The predicted octanol–water partition coefficient (Wildman–Crippen LogP) is 4.87. The lowest BCUT2D eigenvalue weighted by atomic mass is 10.1. The molecule has 1 fully saturated rings. The molecule has 26 heavy (non-hydrogen) atoms. The van der Waals surface area contributed by atoms with Crippen LogP contribution in [0.3, 0.4) is 0 Å². The topological polar surface area (TPSA) is 29.5 Å². The summed E-state index contributed by atoms with van der Waals surface area (Å²) in [6.45, 7) is 2.26. The zero-order chi connectivity index (χ0) is 18.2. The summed E-state index contributed by atoms with van der Waals surface area (Å²) in [5.74, 6) is 0.264. The van der Waals surface area contributed by atoms with Gasteiger partial charge >= 0.3 is 0 Å². The molecule has 138 valence electrons. The number of carbonyl (C=O) groups is 1. The molecule has 0 spiro atoms. The van der Waals surface area contributed by atoms with Crippen molar-refractivity contribution in [3.63, 3.8) is 0 Å². The number of carbonyl (C=O) groups excluding carboxylic acids is 1. The van der Waals surface area contributed by atoms with Crippen LogP contribution >= 0.6 is 11.6 Å². The van der Waals surface area contributed by atoms with E-state index in [9.17, 15) is 4.79 Å². The maximum absolute atomic E-state index is 12.4. The number of hydrogen-bond donors (Lipinski definition) is 0. The second-order valence-corrected chi connectivity index (χ2v) is 7.29. The van der Waals surface area contributed by atoms with Gasteiger partial charge in [-0.3, -0.25) is 4.79 Å². The van der Waals surface area contributed by atoms with Crippen LogP contribution in [0.1, 0.15) is 36.8 Å². The van der Waals surface area contributed by atoms with Gasteiger partial charge in [0.05, 0.1) is 12.7 Å². The number of aryl methyl sites for hydroxylation is 1. The molecule has 3 rings (SSSR count). The molecule has 1 heterocycles. The van der Waals surface area contributed by atoms with Crippen molar-refractivity contribution in [1.29, 1.82) is 0 Å². The highest BCUT2D eigenvalue weighted by atomic mass is 35.5. The number of likely N-dealkylation sites (tertiary alicyclic amines) is 1. The summed E-state index contributed by atoms with van der Waals surface area (Å²) in [4.78, 5) is 14.4. The minimum absolute atomic E-state index is 0.258. The zero-order valence-corrected chi connectivity index (χ0v) is 15.8. The van der Waals surface area contributed by atoms with Gasteiger partial charge in [0.25, 0.3) is 0 Å². The maximum atomic E-state index is 12.4. The molecule has 0 N–H and O–H groups in total. The predicted molar refractivity (Wildman–Crippen MR) is 105 cm³/mol. The van der Waals surface area contributed by atoms with E-state index in [1.807, 2.05) is 47.4 Å². The Morgan fingerprint density at radius 3 is 2.38 bits per heavy atom. The van der Waals surface area contributed by atoms with Crippen molar-refractivity contribution in [3.8, 4) is 0 Å². The number of hydrogen-bond acceptors (Lipinski definition) is 2. The summed E-state index contributed by atoms with van der Waals surface area (Å²) in [5.41, 5.74) is 2.43. The van der Waals surface area contributed by atoms with Crippen LogP contribution in [-0.2, 0) is 22.6 Å². The summed E-state index contributed by atoms with van der Waals surface area (Å²) in [7, 11) is 0. The first-order valence-corrected chi connectivity index (χ1v) is 9.76. The highest BCUT2D eigenvalue weighted by Gasteiger charge is 2.22. The number of benzene rings is 2. The van der Waals surface area contributed by atoms with Crippen molar-refractivity contribution in [2.75, 3.05) is 13.1 Å². The van der Waals surface area contributed by atoms with E-state index in [-0.39, 0.29) is 12.0 Å². The van der Waals surface area contributed by atoms with E-state index in [4.69, 9.17) is 16.3 Å². The maximum Gasteiger partial charge on any atom is 0.222 e. The van der Waals surface area contributed by atoms with E-state index in [0.717, 1.165) is 43.8 Å². The van der Waals surface area contributed by atoms with Crippen LogP contribution in [0.15, 0.2) is 54.6 Å². The van der Waals surface area contributed by atoms with Crippen molar-refractivity contribution >= 4 is 17.5 Å². The van der Waals surface area contributed by atoms with Gasteiger partial charge in [-0.15, -0.1) is 0 Å². The molecule has 0 aromatic heterocycles. The Morgan fingerprint density at radius 2 is 1.69 bits per heavy atom. The average molecular weight is 372 g/mol. The normalized spacial score (nSPS) is 15.2.